The average molecular weight is 451 g/mol. The number of aromatic nitrogens is 2. The van der Waals surface area contributed by atoms with Gasteiger partial charge in [-0.15, -0.1) is 0 Å². The lowest BCUT2D eigenvalue weighted by atomic mass is 9.85. The maximum atomic E-state index is 12.7. The van der Waals surface area contributed by atoms with Crippen LogP contribution < -0.4 is 10.2 Å². The topological polar surface area (TPSA) is 88.3 Å². The smallest absolute Gasteiger partial charge is 0.230 e. The number of benzene rings is 2. The van der Waals surface area contributed by atoms with E-state index in [1.165, 1.54) is 6.42 Å². The van der Waals surface area contributed by atoms with E-state index in [2.05, 4.69) is 15.5 Å². The monoisotopic (exact) mass is 450 g/mol. The van der Waals surface area contributed by atoms with Gasteiger partial charge in [0.1, 0.15) is 0 Å². The molecule has 2 fully saturated rings. The zero-order valence-corrected chi connectivity index (χ0v) is 18.2. The van der Waals surface area contributed by atoms with E-state index in [0.717, 1.165) is 29.7 Å². The Balaban J connectivity index is 1.26. The molecule has 1 saturated heterocycles. The standard InChI is InChI=1S/C24H23ClN4O3/c25-20-10-2-1-5-17(20)13-26-23(31)18-12-21(30)29(14-18)19-9-4-8-16(11-19)22-27-24(32-28-22)15-6-3-7-15/h1-2,4-5,8-11,15,18H,3,6-7,12-14H2,(H,26,31)/t18-/m0/s1. The molecule has 1 aromatic heterocycles. The number of carbonyl (C=O) groups is 2. The van der Waals surface area contributed by atoms with Crippen LogP contribution in [0.4, 0.5) is 5.69 Å². The SMILES string of the molecule is O=C(NCc1ccccc1Cl)[C@H]1CC(=O)N(c2cccc(-c3noc(C4CCC4)n3)c2)C1. The van der Waals surface area contributed by atoms with Gasteiger partial charge in [-0.3, -0.25) is 9.59 Å². The molecular formula is C24H23ClN4O3. The average Bonchev–Trinajstić information content (AvgIpc) is 3.39. The van der Waals surface area contributed by atoms with Gasteiger partial charge in [0.2, 0.25) is 23.5 Å². The van der Waals surface area contributed by atoms with Crippen LogP contribution >= 0.6 is 11.6 Å². The van der Waals surface area contributed by atoms with Crippen molar-refractivity contribution in [1.82, 2.24) is 15.5 Å². The van der Waals surface area contributed by atoms with Gasteiger partial charge in [0, 0.05) is 41.7 Å². The molecule has 0 spiro atoms. The lowest BCUT2D eigenvalue weighted by molar-refractivity contribution is -0.126. The van der Waals surface area contributed by atoms with Gasteiger partial charge in [-0.05, 0) is 36.6 Å². The molecule has 1 N–H and O–H groups in total. The molecular weight excluding hydrogens is 428 g/mol. The third-order valence-electron chi connectivity index (χ3n) is 6.22. The van der Waals surface area contributed by atoms with E-state index in [4.69, 9.17) is 16.1 Å². The summed E-state index contributed by atoms with van der Waals surface area (Å²) in [5.74, 6) is 0.927. The first-order chi connectivity index (χ1) is 15.6. The number of amides is 2. The molecule has 0 radical (unpaired) electrons. The summed E-state index contributed by atoms with van der Waals surface area (Å²) in [6.07, 6.45) is 3.54. The number of halogens is 1. The highest BCUT2D eigenvalue weighted by molar-refractivity contribution is 6.31. The van der Waals surface area contributed by atoms with Crippen molar-refractivity contribution in [2.45, 2.75) is 38.1 Å². The first-order valence-electron chi connectivity index (χ1n) is 10.8. The van der Waals surface area contributed by atoms with Crippen LogP contribution in [-0.4, -0.2) is 28.5 Å². The Morgan fingerprint density at radius 2 is 2.03 bits per heavy atom. The number of hydrogen-bond acceptors (Lipinski definition) is 5. The summed E-state index contributed by atoms with van der Waals surface area (Å²) >= 11 is 6.16. The predicted octanol–water partition coefficient (Wildman–Crippen LogP) is 4.33. The van der Waals surface area contributed by atoms with E-state index in [1.807, 2.05) is 42.5 Å². The predicted molar refractivity (Wildman–Crippen MR) is 120 cm³/mol. The highest BCUT2D eigenvalue weighted by atomic mass is 35.5. The molecule has 0 bridgehead atoms. The largest absolute Gasteiger partial charge is 0.352 e. The van der Waals surface area contributed by atoms with Gasteiger partial charge in [0.05, 0.1) is 5.92 Å². The van der Waals surface area contributed by atoms with Gasteiger partial charge >= 0.3 is 0 Å². The fourth-order valence-electron chi connectivity index (χ4n) is 4.09. The fourth-order valence-corrected chi connectivity index (χ4v) is 4.29. The molecule has 1 saturated carbocycles. The Morgan fingerprint density at radius 3 is 2.81 bits per heavy atom. The number of nitrogens with zero attached hydrogens (tertiary/aromatic N) is 3. The number of rotatable bonds is 6. The van der Waals surface area contributed by atoms with Crippen molar-refractivity contribution in [3.63, 3.8) is 0 Å². The minimum atomic E-state index is -0.413. The van der Waals surface area contributed by atoms with Gasteiger partial charge < -0.3 is 14.7 Å². The Morgan fingerprint density at radius 1 is 1.19 bits per heavy atom. The number of carbonyl (C=O) groups excluding carboxylic acids is 2. The van der Waals surface area contributed by atoms with E-state index >= 15 is 0 Å². The third kappa shape index (κ3) is 4.12. The summed E-state index contributed by atoms with van der Waals surface area (Å²) in [7, 11) is 0. The molecule has 1 atom stereocenters. The molecule has 2 heterocycles. The third-order valence-corrected chi connectivity index (χ3v) is 6.59. The molecule has 5 rings (SSSR count). The van der Waals surface area contributed by atoms with Gasteiger partial charge in [-0.25, -0.2) is 0 Å². The van der Waals surface area contributed by atoms with Gasteiger partial charge in [0.25, 0.3) is 0 Å². The Bertz CT molecular complexity index is 1160. The van der Waals surface area contributed by atoms with Crippen LogP contribution in [0.5, 0.6) is 0 Å². The first-order valence-corrected chi connectivity index (χ1v) is 11.2. The zero-order chi connectivity index (χ0) is 22.1. The molecule has 2 aromatic carbocycles. The second-order valence-corrected chi connectivity index (χ2v) is 8.76. The molecule has 1 aliphatic carbocycles. The number of hydrogen-bond donors (Lipinski definition) is 1. The highest BCUT2D eigenvalue weighted by Crippen LogP contribution is 2.36. The summed E-state index contributed by atoms with van der Waals surface area (Å²) < 4.78 is 5.43. The number of anilines is 1. The van der Waals surface area contributed by atoms with Crippen molar-refractivity contribution >= 4 is 29.1 Å². The molecule has 3 aromatic rings. The van der Waals surface area contributed by atoms with Crippen LogP contribution in [0.15, 0.2) is 53.1 Å². The van der Waals surface area contributed by atoms with Crippen molar-refractivity contribution in [2.24, 2.45) is 5.92 Å². The maximum absolute atomic E-state index is 12.7. The van der Waals surface area contributed by atoms with Gasteiger partial charge in [0.15, 0.2) is 0 Å². The summed E-state index contributed by atoms with van der Waals surface area (Å²) in [5.41, 5.74) is 2.36. The minimum absolute atomic E-state index is 0.0803. The van der Waals surface area contributed by atoms with E-state index in [9.17, 15) is 9.59 Å². The quantitative estimate of drug-likeness (QED) is 0.604. The molecule has 32 heavy (non-hydrogen) atoms. The van der Waals surface area contributed by atoms with Crippen LogP contribution in [0.25, 0.3) is 11.4 Å². The van der Waals surface area contributed by atoms with E-state index in [1.54, 1.807) is 11.0 Å². The van der Waals surface area contributed by atoms with Gasteiger partial charge in [-0.1, -0.05) is 53.5 Å². The summed E-state index contributed by atoms with van der Waals surface area (Å²) in [4.78, 5) is 31.5. The summed E-state index contributed by atoms with van der Waals surface area (Å²) in [6.45, 7) is 0.663. The van der Waals surface area contributed by atoms with E-state index < -0.39 is 5.92 Å². The van der Waals surface area contributed by atoms with Crippen LogP contribution in [0, 0.1) is 5.92 Å². The van der Waals surface area contributed by atoms with Crippen molar-refractivity contribution in [3.8, 4) is 11.4 Å². The lowest BCUT2D eigenvalue weighted by Crippen LogP contribution is -2.32. The van der Waals surface area contributed by atoms with Crippen molar-refractivity contribution < 1.29 is 14.1 Å². The van der Waals surface area contributed by atoms with E-state index in [0.29, 0.717) is 35.7 Å². The van der Waals surface area contributed by atoms with Crippen molar-refractivity contribution in [1.29, 1.82) is 0 Å². The van der Waals surface area contributed by atoms with Crippen molar-refractivity contribution in [3.05, 3.63) is 65.0 Å². The Labute approximate surface area is 190 Å². The van der Waals surface area contributed by atoms with Gasteiger partial charge in [-0.2, -0.15) is 4.98 Å². The lowest BCUT2D eigenvalue weighted by Gasteiger charge is -2.20. The first kappa shape index (κ1) is 20.7. The summed E-state index contributed by atoms with van der Waals surface area (Å²) in [6, 6.07) is 14.9. The molecule has 7 nitrogen and oxygen atoms in total. The van der Waals surface area contributed by atoms with Crippen LogP contribution in [-0.2, 0) is 16.1 Å². The summed E-state index contributed by atoms with van der Waals surface area (Å²) in [5, 5.41) is 7.62. The highest BCUT2D eigenvalue weighted by Gasteiger charge is 2.35. The molecule has 8 heteroatoms. The second kappa shape index (κ2) is 8.74. The van der Waals surface area contributed by atoms with E-state index in [-0.39, 0.29) is 18.2 Å². The zero-order valence-electron chi connectivity index (χ0n) is 17.5. The Kier molecular flexibility index (Phi) is 5.66. The van der Waals surface area contributed by atoms with Crippen LogP contribution in [0.2, 0.25) is 5.02 Å². The van der Waals surface area contributed by atoms with Crippen molar-refractivity contribution in [2.75, 3.05) is 11.4 Å². The fraction of sp³-hybridized carbons (Fsp3) is 0.333. The Hall–Kier alpha value is -3.19. The molecule has 1 aliphatic heterocycles. The normalized spacial score (nSPS) is 18.6. The molecule has 0 unspecified atom stereocenters. The van der Waals surface area contributed by atoms with Crippen LogP contribution in [0.1, 0.15) is 43.1 Å². The minimum Gasteiger partial charge on any atom is -0.352 e. The van der Waals surface area contributed by atoms with Crippen LogP contribution in [0.3, 0.4) is 0 Å². The maximum Gasteiger partial charge on any atom is 0.230 e. The molecule has 164 valence electrons. The molecule has 2 amide bonds. The second-order valence-electron chi connectivity index (χ2n) is 8.35. The number of nitrogens with one attached hydrogen (secondary N) is 1. The molecule has 2 aliphatic rings.